The SMILES string of the molecule is COc1ccc(-c2nn(-c3ccccc3)cc2C(=O)NC2CCN(Cc3ccccc3)CC2)c(OC)c1. The first-order valence-electron chi connectivity index (χ1n) is 12.6. The molecule has 1 aromatic heterocycles. The third-order valence-electron chi connectivity index (χ3n) is 6.82. The van der Waals surface area contributed by atoms with E-state index in [2.05, 4.69) is 34.5 Å². The third-order valence-corrected chi connectivity index (χ3v) is 6.82. The number of nitrogens with zero attached hydrogens (tertiary/aromatic N) is 3. The fourth-order valence-corrected chi connectivity index (χ4v) is 4.79. The Morgan fingerprint density at radius 1 is 0.946 bits per heavy atom. The van der Waals surface area contributed by atoms with Gasteiger partial charge in [-0.15, -0.1) is 0 Å². The molecule has 0 bridgehead atoms. The Kier molecular flexibility index (Phi) is 7.51. The van der Waals surface area contributed by atoms with Gasteiger partial charge < -0.3 is 14.8 Å². The van der Waals surface area contributed by atoms with Gasteiger partial charge in [0.05, 0.1) is 25.5 Å². The number of rotatable bonds is 8. The quantitative estimate of drug-likeness (QED) is 0.374. The van der Waals surface area contributed by atoms with Gasteiger partial charge in [0, 0.05) is 43.5 Å². The van der Waals surface area contributed by atoms with Crippen molar-refractivity contribution in [3.63, 3.8) is 0 Å². The van der Waals surface area contributed by atoms with E-state index in [0.29, 0.717) is 22.8 Å². The summed E-state index contributed by atoms with van der Waals surface area (Å²) in [6.07, 6.45) is 3.62. The number of amides is 1. The van der Waals surface area contributed by atoms with Crippen molar-refractivity contribution in [2.75, 3.05) is 27.3 Å². The maximum atomic E-state index is 13.6. The Labute approximate surface area is 217 Å². The average molecular weight is 497 g/mol. The summed E-state index contributed by atoms with van der Waals surface area (Å²) in [5.41, 5.74) is 4.02. The number of carbonyl (C=O) groups is 1. The van der Waals surface area contributed by atoms with Crippen LogP contribution in [0.2, 0.25) is 0 Å². The highest BCUT2D eigenvalue weighted by atomic mass is 16.5. The van der Waals surface area contributed by atoms with Crippen LogP contribution in [0.3, 0.4) is 0 Å². The Bertz CT molecular complexity index is 1330. The van der Waals surface area contributed by atoms with E-state index in [1.807, 2.05) is 48.5 Å². The molecule has 0 spiro atoms. The van der Waals surface area contributed by atoms with Crippen molar-refractivity contribution in [3.05, 3.63) is 96.2 Å². The van der Waals surface area contributed by atoms with Gasteiger partial charge in [0.1, 0.15) is 17.2 Å². The van der Waals surface area contributed by atoms with Crippen LogP contribution in [0, 0.1) is 0 Å². The van der Waals surface area contributed by atoms with Crippen molar-refractivity contribution in [1.82, 2.24) is 20.0 Å². The van der Waals surface area contributed by atoms with Gasteiger partial charge in [-0.3, -0.25) is 9.69 Å². The molecule has 0 radical (unpaired) electrons. The van der Waals surface area contributed by atoms with Gasteiger partial charge in [0.25, 0.3) is 5.91 Å². The van der Waals surface area contributed by atoms with Crippen molar-refractivity contribution in [2.45, 2.75) is 25.4 Å². The van der Waals surface area contributed by atoms with Crippen LogP contribution in [0.1, 0.15) is 28.8 Å². The van der Waals surface area contributed by atoms with Crippen molar-refractivity contribution in [1.29, 1.82) is 0 Å². The monoisotopic (exact) mass is 496 g/mol. The highest BCUT2D eigenvalue weighted by Gasteiger charge is 2.26. The number of likely N-dealkylation sites (tertiary alicyclic amines) is 1. The number of ether oxygens (including phenoxy) is 2. The van der Waals surface area contributed by atoms with Gasteiger partial charge in [-0.1, -0.05) is 48.5 Å². The summed E-state index contributed by atoms with van der Waals surface area (Å²) in [6.45, 7) is 2.83. The first kappa shape index (κ1) is 24.6. The topological polar surface area (TPSA) is 68.6 Å². The van der Waals surface area contributed by atoms with E-state index in [9.17, 15) is 4.79 Å². The fraction of sp³-hybridized carbons (Fsp3) is 0.267. The third kappa shape index (κ3) is 5.67. The zero-order valence-electron chi connectivity index (χ0n) is 21.3. The lowest BCUT2D eigenvalue weighted by atomic mass is 10.0. The molecule has 7 nitrogen and oxygen atoms in total. The molecular weight excluding hydrogens is 464 g/mol. The number of benzene rings is 3. The molecule has 0 unspecified atom stereocenters. The molecule has 0 aliphatic carbocycles. The predicted octanol–water partition coefficient (Wildman–Crippen LogP) is 4.95. The first-order chi connectivity index (χ1) is 18.1. The second-order valence-corrected chi connectivity index (χ2v) is 9.25. The minimum atomic E-state index is -0.128. The van der Waals surface area contributed by atoms with E-state index >= 15 is 0 Å². The predicted molar refractivity (Wildman–Crippen MR) is 144 cm³/mol. The second kappa shape index (κ2) is 11.3. The minimum absolute atomic E-state index is 0.116. The highest BCUT2D eigenvalue weighted by Crippen LogP contribution is 2.35. The summed E-state index contributed by atoms with van der Waals surface area (Å²) in [7, 11) is 3.22. The van der Waals surface area contributed by atoms with Crippen LogP contribution in [-0.4, -0.2) is 53.9 Å². The summed E-state index contributed by atoms with van der Waals surface area (Å²) >= 11 is 0. The van der Waals surface area contributed by atoms with Gasteiger partial charge in [-0.05, 0) is 42.7 Å². The van der Waals surface area contributed by atoms with Crippen LogP contribution in [0.5, 0.6) is 11.5 Å². The summed E-state index contributed by atoms with van der Waals surface area (Å²) in [4.78, 5) is 16.0. The van der Waals surface area contributed by atoms with Crippen LogP contribution in [0.15, 0.2) is 85.1 Å². The van der Waals surface area contributed by atoms with Gasteiger partial charge in [0.15, 0.2) is 0 Å². The molecule has 1 aliphatic rings. The molecule has 1 N–H and O–H groups in total. The van der Waals surface area contributed by atoms with Crippen molar-refractivity contribution < 1.29 is 14.3 Å². The largest absolute Gasteiger partial charge is 0.497 e. The Morgan fingerprint density at radius 2 is 1.65 bits per heavy atom. The van der Waals surface area contributed by atoms with E-state index in [1.54, 1.807) is 31.2 Å². The molecule has 1 saturated heterocycles. The summed E-state index contributed by atoms with van der Waals surface area (Å²) in [6, 6.07) is 26.0. The molecule has 37 heavy (non-hydrogen) atoms. The van der Waals surface area contributed by atoms with Crippen molar-refractivity contribution >= 4 is 5.91 Å². The summed E-state index contributed by atoms with van der Waals surface area (Å²) < 4.78 is 12.7. The molecule has 1 aliphatic heterocycles. The molecule has 2 heterocycles. The summed E-state index contributed by atoms with van der Waals surface area (Å²) in [5, 5.41) is 8.08. The van der Waals surface area contributed by atoms with E-state index in [4.69, 9.17) is 14.6 Å². The average Bonchev–Trinajstić information content (AvgIpc) is 3.40. The number of para-hydroxylation sites is 1. The van der Waals surface area contributed by atoms with E-state index in [0.717, 1.165) is 43.7 Å². The number of nitrogens with one attached hydrogen (secondary N) is 1. The highest BCUT2D eigenvalue weighted by molar-refractivity contribution is 6.00. The summed E-state index contributed by atoms with van der Waals surface area (Å²) in [5.74, 6) is 1.15. The van der Waals surface area contributed by atoms with Crippen molar-refractivity contribution in [3.8, 4) is 28.4 Å². The number of aromatic nitrogens is 2. The smallest absolute Gasteiger partial charge is 0.255 e. The second-order valence-electron chi connectivity index (χ2n) is 9.25. The van der Waals surface area contributed by atoms with E-state index in [-0.39, 0.29) is 11.9 Å². The van der Waals surface area contributed by atoms with Crippen LogP contribution >= 0.6 is 0 Å². The van der Waals surface area contributed by atoms with Gasteiger partial charge in [-0.2, -0.15) is 5.10 Å². The van der Waals surface area contributed by atoms with Crippen LogP contribution in [0.4, 0.5) is 0 Å². The van der Waals surface area contributed by atoms with Gasteiger partial charge in [0.2, 0.25) is 0 Å². The lowest BCUT2D eigenvalue weighted by molar-refractivity contribution is 0.0909. The van der Waals surface area contributed by atoms with Gasteiger partial charge in [-0.25, -0.2) is 4.68 Å². The lowest BCUT2D eigenvalue weighted by Gasteiger charge is -2.32. The number of hydrogen-bond donors (Lipinski definition) is 1. The normalized spacial score (nSPS) is 14.3. The van der Waals surface area contributed by atoms with Crippen LogP contribution in [-0.2, 0) is 6.54 Å². The van der Waals surface area contributed by atoms with E-state index in [1.165, 1.54) is 5.56 Å². The Hall–Kier alpha value is -4.10. The molecule has 190 valence electrons. The van der Waals surface area contributed by atoms with Gasteiger partial charge >= 0.3 is 0 Å². The van der Waals surface area contributed by atoms with Crippen LogP contribution in [0.25, 0.3) is 16.9 Å². The molecule has 1 amide bonds. The number of methoxy groups -OCH3 is 2. The molecule has 1 fully saturated rings. The Morgan fingerprint density at radius 3 is 2.32 bits per heavy atom. The standard InChI is InChI=1S/C30H32N4O3/c1-36-25-13-14-26(28(19-25)37-2)29-27(21-34(32-29)24-11-7-4-8-12-24)30(35)31-23-15-17-33(18-16-23)20-22-9-5-3-6-10-22/h3-14,19,21,23H,15-18,20H2,1-2H3,(H,31,35). The Balaban J connectivity index is 1.36. The number of hydrogen-bond acceptors (Lipinski definition) is 5. The molecular formula is C30H32N4O3. The zero-order chi connectivity index (χ0) is 25.6. The number of carbonyl (C=O) groups excluding carboxylic acids is 1. The zero-order valence-corrected chi connectivity index (χ0v) is 21.3. The molecule has 0 atom stereocenters. The lowest BCUT2D eigenvalue weighted by Crippen LogP contribution is -2.44. The van der Waals surface area contributed by atoms with Crippen molar-refractivity contribution in [2.24, 2.45) is 0 Å². The maximum absolute atomic E-state index is 13.6. The molecule has 7 heteroatoms. The number of piperidine rings is 1. The molecule has 3 aromatic carbocycles. The maximum Gasteiger partial charge on any atom is 0.255 e. The molecule has 5 rings (SSSR count). The van der Waals surface area contributed by atoms with Crippen LogP contribution < -0.4 is 14.8 Å². The molecule has 4 aromatic rings. The minimum Gasteiger partial charge on any atom is -0.497 e. The van der Waals surface area contributed by atoms with E-state index < -0.39 is 0 Å². The first-order valence-corrected chi connectivity index (χ1v) is 12.6. The fourth-order valence-electron chi connectivity index (χ4n) is 4.79. The molecule has 0 saturated carbocycles.